The third-order valence-corrected chi connectivity index (χ3v) is 8.29. The van der Waals surface area contributed by atoms with Crippen molar-refractivity contribution in [3.05, 3.63) is 88.2 Å². The van der Waals surface area contributed by atoms with Gasteiger partial charge in [0, 0.05) is 34.9 Å². The van der Waals surface area contributed by atoms with Gasteiger partial charge in [0.15, 0.2) is 0 Å². The number of ether oxygens (including phenoxy) is 1. The fourth-order valence-electron chi connectivity index (χ4n) is 5.57. The first kappa shape index (κ1) is 24.6. The molecule has 1 saturated heterocycles. The number of rotatable bonds is 7. The van der Waals surface area contributed by atoms with E-state index in [-0.39, 0.29) is 28.6 Å². The number of hydrogen-bond donors (Lipinski definition) is 0. The SMILES string of the molecule is FCC1(Cn2ccnc2CN2CCC(c3cccc4c3O[C@H](c3ccc(Cl)cc3F)C=C4F)CC2)CC1. The Kier molecular flexibility index (Phi) is 6.53. The molecule has 3 aromatic rings. The molecule has 2 fully saturated rings. The van der Waals surface area contributed by atoms with E-state index in [2.05, 4.69) is 14.5 Å². The molecule has 2 aromatic carbocycles. The molecule has 3 heterocycles. The summed E-state index contributed by atoms with van der Waals surface area (Å²) in [5, 5.41) is 0.284. The molecule has 1 atom stereocenters. The van der Waals surface area contributed by atoms with Crippen molar-refractivity contribution in [2.24, 2.45) is 5.41 Å². The smallest absolute Gasteiger partial charge is 0.148 e. The van der Waals surface area contributed by atoms with Gasteiger partial charge >= 0.3 is 0 Å². The van der Waals surface area contributed by atoms with Gasteiger partial charge in [0.1, 0.15) is 29.3 Å². The lowest BCUT2D eigenvalue weighted by Gasteiger charge is -2.34. The second-order valence-electron chi connectivity index (χ2n) is 10.6. The molecule has 0 bridgehead atoms. The minimum Gasteiger partial charge on any atom is -0.480 e. The van der Waals surface area contributed by atoms with Crippen molar-refractivity contribution in [2.45, 2.75) is 50.8 Å². The first-order chi connectivity index (χ1) is 17.9. The van der Waals surface area contributed by atoms with Gasteiger partial charge in [-0.15, -0.1) is 0 Å². The maximum absolute atomic E-state index is 15.1. The summed E-state index contributed by atoms with van der Waals surface area (Å²) in [4.78, 5) is 6.91. The predicted molar refractivity (Wildman–Crippen MR) is 137 cm³/mol. The van der Waals surface area contributed by atoms with Crippen LogP contribution in [0.15, 0.2) is 54.9 Å². The lowest BCUT2D eigenvalue weighted by Crippen LogP contribution is -2.34. The standard InChI is InChI=1S/C29H29ClF3N3O/c30-20-4-5-22(24(32)14-20)26-15-25(33)23-3-1-2-21(28(23)37-26)19-6-11-35(12-7-19)16-27-34-10-13-36(27)18-29(17-31)8-9-29/h1-5,10,13-15,19,26H,6-9,11-12,16-18H2/t26-/m0/s1. The van der Waals surface area contributed by atoms with Gasteiger partial charge in [-0.3, -0.25) is 9.29 Å². The fourth-order valence-corrected chi connectivity index (χ4v) is 5.73. The van der Waals surface area contributed by atoms with Crippen molar-refractivity contribution in [2.75, 3.05) is 19.8 Å². The highest BCUT2D eigenvalue weighted by Crippen LogP contribution is 2.48. The van der Waals surface area contributed by atoms with Gasteiger partial charge in [-0.2, -0.15) is 0 Å². The third-order valence-electron chi connectivity index (χ3n) is 8.05. The number of para-hydroxylation sites is 1. The molecular formula is C29H29ClF3N3O. The Morgan fingerprint density at radius 2 is 1.89 bits per heavy atom. The van der Waals surface area contributed by atoms with Crippen LogP contribution in [0.25, 0.3) is 5.83 Å². The van der Waals surface area contributed by atoms with Crippen LogP contribution < -0.4 is 4.74 Å². The minimum absolute atomic E-state index is 0.189. The molecule has 2 aliphatic heterocycles. The van der Waals surface area contributed by atoms with E-state index in [9.17, 15) is 8.78 Å². The van der Waals surface area contributed by atoms with Crippen molar-refractivity contribution in [1.82, 2.24) is 14.5 Å². The average Bonchev–Trinajstić information content (AvgIpc) is 3.55. The zero-order chi connectivity index (χ0) is 25.6. The summed E-state index contributed by atoms with van der Waals surface area (Å²) in [5.74, 6) is 0.742. The fraction of sp³-hybridized carbons (Fsp3) is 0.414. The molecule has 8 heteroatoms. The van der Waals surface area contributed by atoms with Gasteiger partial charge in [-0.05, 0) is 74.5 Å². The number of piperidine rings is 1. The normalized spacial score (nSPS) is 21.3. The number of aromatic nitrogens is 2. The number of benzene rings is 2. The highest BCUT2D eigenvalue weighted by molar-refractivity contribution is 6.30. The lowest BCUT2D eigenvalue weighted by atomic mass is 9.86. The molecule has 0 spiro atoms. The van der Waals surface area contributed by atoms with Crippen molar-refractivity contribution < 1.29 is 17.9 Å². The first-order valence-corrected chi connectivity index (χ1v) is 13.2. The number of alkyl halides is 1. The summed E-state index contributed by atoms with van der Waals surface area (Å²) in [6, 6.07) is 9.90. The number of fused-ring (bicyclic) bond motifs is 1. The Morgan fingerprint density at radius 1 is 1.08 bits per heavy atom. The maximum Gasteiger partial charge on any atom is 0.148 e. The summed E-state index contributed by atoms with van der Waals surface area (Å²) in [5.41, 5.74) is 1.44. The van der Waals surface area contributed by atoms with Gasteiger partial charge < -0.3 is 9.30 Å². The summed E-state index contributed by atoms with van der Waals surface area (Å²) in [7, 11) is 0. The number of imidazole rings is 1. The molecule has 0 amide bonds. The molecular weight excluding hydrogens is 499 g/mol. The van der Waals surface area contributed by atoms with Crippen LogP contribution in [0, 0.1) is 11.2 Å². The van der Waals surface area contributed by atoms with Crippen molar-refractivity contribution in [3.63, 3.8) is 0 Å². The topological polar surface area (TPSA) is 30.3 Å². The van der Waals surface area contributed by atoms with Crippen LogP contribution in [0.2, 0.25) is 5.02 Å². The Bertz CT molecular complexity index is 1330. The van der Waals surface area contributed by atoms with Crippen LogP contribution in [0.3, 0.4) is 0 Å². The van der Waals surface area contributed by atoms with Crippen LogP contribution >= 0.6 is 11.6 Å². The predicted octanol–water partition coefficient (Wildman–Crippen LogP) is 7.25. The van der Waals surface area contributed by atoms with Gasteiger partial charge in [-0.25, -0.2) is 13.8 Å². The first-order valence-electron chi connectivity index (χ1n) is 12.9. The minimum atomic E-state index is -0.857. The van der Waals surface area contributed by atoms with Crippen LogP contribution in [-0.4, -0.2) is 34.2 Å². The average molecular weight is 528 g/mol. The van der Waals surface area contributed by atoms with Crippen molar-refractivity contribution in [3.8, 4) is 5.75 Å². The van der Waals surface area contributed by atoms with Gasteiger partial charge in [0.2, 0.25) is 0 Å². The van der Waals surface area contributed by atoms with Crippen LogP contribution in [0.4, 0.5) is 13.2 Å². The quantitative estimate of drug-likeness (QED) is 0.324. The van der Waals surface area contributed by atoms with E-state index in [1.165, 1.54) is 12.1 Å². The molecule has 0 unspecified atom stereocenters. The summed E-state index contributed by atoms with van der Waals surface area (Å²) >= 11 is 5.90. The molecule has 0 radical (unpaired) electrons. The van der Waals surface area contributed by atoms with Crippen LogP contribution in [0.5, 0.6) is 5.75 Å². The monoisotopic (exact) mass is 527 g/mol. The summed E-state index contributed by atoms with van der Waals surface area (Å²) in [6.45, 7) is 2.87. The Hall–Kier alpha value is -2.77. The largest absolute Gasteiger partial charge is 0.480 e. The van der Waals surface area contributed by atoms with Crippen LogP contribution in [-0.2, 0) is 13.1 Å². The number of likely N-dealkylation sites (tertiary alicyclic amines) is 1. The molecule has 1 saturated carbocycles. The molecule has 194 valence electrons. The summed E-state index contributed by atoms with van der Waals surface area (Å²) < 4.78 is 51.5. The van der Waals surface area contributed by atoms with Crippen molar-refractivity contribution >= 4 is 17.4 Å². The van der Waals surface area contributed by atoms with E-state index >= 15 is 4.39 Å². The molecule has 1 aliphatic carbocycles. The summed E-state index contributed by atoms with van der Waals surface area (Å²) in [6.07, 6.45) is 7.87. The molecule has 3 aliphatic rings. The Balaban J connectivity index is 1.15. The van der Waals surface area contributed by atoms with Crippen LogP contribution in [0.1, 0.15) is 60.2 Å². The zero-order valence-corrected chi connectivity index (χ0v) is 21.2. The second kappa shape index (κ2) is 9.84. The van der Waals surface area contributed by atoms with E-state index in [1.807, 2.05) is 18.3 Å². The highest BCUT2D eigenvalue weighted by Gasteiger charge is 2.43. The van der Waals surface area contributed by atoms with E-state index in [4.69, 9.17) is 16.3 Å². The molecule has 37 heavy (non-hydrogen) atoms. The Labute approximate surface area is 219 Å². The molecule has 4 nitrogen and oxygen atoms in total. The van der Waals surface area contributed by atoms with E-state index in [0.29, 0.717) is 17.9 Å². The highest BCUT2D eigenvalue weighted by atomic mass is 35.5. The number of nitrogens with zero attached hydrogens (tertiary/aromatic N) is 3. The van der Waals surface area contributed by atoms with E-state index < -0.39 is 17.7 Å². The lowest BCUT2D eigenvalue weighted by molar-refractivity contribution is 0.190. The number of hydrogen-bond acceptors (Lipinski definition) is 3. The third kappa shape index (κ3) is 4.91. The Morgan fingerprint density at radius 3 is 2.62 bits per heavy atom. The van der Waals surface area contributed by atoms with Gasteiger partial charge in [-0.1, -0.05) is 29.8 Å². The van der Waals surface area contributed by atoms with E-state index in [1.54, 1.807) is 24.4 Å². The maximum atomic E-state index is 15.1. The molecule has 6 rings (SSSR count). The zero-order valence-electron chi connectivity index (χ0n) is 20.5. The van der Waals surface area contributed by atoms with Crippen molar-refractivity contribution in [1.29, 1.82) is 0 Å². The van der Waals surface area contributed by atoms with E-state index in [0.717, 1.165) is 56.7 Å². The number of halogens is 4. The van der Waals surface area contributed by atoms with Gasteiger partial charge in [0.25, 0.3) is 0 Å². The van der Waals surface area contributed by atoms with Gasteiger partial charge in [0.05, 0.1) is 18.8 Å². The molecule has 0 N–H and O–H groups in total. The molecule has 1 aromatic heterocycles. The second-order valence-corrected chi connectivity index (χ2v) is 11.0.